The van der Waals surface area contributed by atoms with E-state index in [9.17, 15) is 0 Å². The van der Waals surface area contributed by atoms with Crippen LogP contribution in [0.1, 0.15) is 0 Å². The lowest BCUT2D eigenvalue weighted by molar-refractivity contribution is 1.28. The first kappa shape index (κ1) is 31.1. The molecule has 0 bridgehead atoms. The first-order valence-electron chi connectivity index (χ1n) is 17.8. The van der Waals surface area contributed by atoms with Crippen molar-refractivity contribution in [1.29, 1.82) is 0 Å². The molecule has 2 nitrogen and oxygen atoms in total. The lowest BCUT2D eigenvalue weighted by Crippen LogP contribution is -2.10. The van der Waals surface area contributed by atoms with Crippen molar-refractivity contribution in [2.45, 2.75) is 0 Å². The van der Waals surface area contributed by atoms with Gasteiger partial charge in [0.15, 0.2) is 0 Å². The van der Waals surface area contributed by atoms with Crippen molar-refractivity contribution >= 4 is 55.7 Å². The maximum atomic E-state index is 2.36. The maximum Gasteiger partial charge on any atom is 0.0468 e. The van der Waals surface area contributed by atoms with Gasteiger partial charge in [-0.05, 0) is 123 Å². The van der Waals surface area contributed by atoms with Gasteiger partial charge >= 0.3 is 0 Å². The molecule has 0 atom stereocenters. The van der Waals surface area contributed by atoms with Crippen molar-refractivity contribution < 1.29 is 0 Å². The summed E-state index contributed by atoms with van der Waals surface area (Å²) < 4.78 is 0. The van der Waals surface area contributed by atoms with E-state index < -0.39 is 0 Å². The molecule has 0 aliphatic rings. The summed E-state index contributed by atoms with van der Waals surface area (Å²) in [7, 11) is 0. The molecule has 0 aliphatic heterocycles. The molecule has 0 fully saturated rings. The lowest BCUT2D eigenvalue weighted by Gasteiger charge is -2.27. The summed E-state index contributed by atoms with van der Waals surface area (Å²) >= 11 is 0. The second-order valence-electron chi connectivity index (χ2n) is 13.0. The molecule has 0 aliphatic carbocycles. The van der Waals surface area contributed by atoms with E-state index in [-0.39, 0.29) is 0 Å². The summed E-state index contributed by atoms with van der Waals surface area (Å²) in [5, 5.41) is 5.00. The van der Waals surface area contributed by atoms with Crippen LogP contribution >= 0.6 is 0 Å². The zero-order valence-electron chi connectivity index (χ0n) is 28.7. The largest absolute Gasteiger partial charge is 0.311 e. The quantitative estimate of drug-likeness (QED) is 0.149. The fourth-order valence-electron chi connectivity index (χ4n) is 7.32. The third-order valence-electron chi connectivity index (χ3n) is 9.81. The Labute approximate surface area is 305 Å². The zero-order chi connectivity index (χ0) is 34.7. The molecular weight excluding hydrogens is 629 g/mol. The first-order chi connectivity index (χ1) is 25.8. The van der Waals surface area contributed by atoms with Gasteiger partial charge in [-0.2, -0.15) is 0 Å². The van der Waals surface area contributed by atoms with Crippen molar-refractivity contribution in [2.75, 3.05) is 9.80 Å². The van der Waals surface area contributed by atoms with Crippen LogP contribution in [0.25, 0.3) is 43.8 Å². The average molecular weight is 665 g/mol. The van der Waals surface area contributed by atoms with Gasteiger partial charge in [-0.25, -0.2) is 0 Å². The topological polar surface area (TPSA) is 6.48 Å². The average Bonchev–Trinajstić information content (AvgIpc) is 3.23. The van der Waals surface area contributed by atoms with E-state index in [1.807, 2.05) is 0 Å². The second-order valence-corrected chi connectivity index (χ2v) is 13.0. The van der Waals surface area contributed by atoms with Crippen LogP contribution in [0.2, 0.25) is 0 Å². The van der Waals surface area contributed by atoms with Gasteiger partial charge in [-0.3, -0.25) is 0 Å². The maximum absolute atomic E-state index is 2.36. The summed E-state index contributed by atoms with van der Waals surface area (Å²) in [4.78, 5) is 4.65. The number of rotatable bonds is 8. The van der Waals surface area contributed by atoms with Crippen molar-refractivity contribution in [3.05, 3.63) is 218 Å². The highest BCUT2D eigenvalue weighted by molar-refractivity contribution is 6.14. The van der Waals surface area contributed by atoms with Crippen LogP contribution in [0.3, 0.4) is 0 Å². The Bertz CT molecular complexity index is 2540. The molecule has 0 unspecified atom stereocenters. The highest BCUT2D eigenvalue weighted by Crippen LogP contribution is 2.42. The van der Waals surface area contributed by atoms with Gasteiger partial charge in [-0.15, -0.1) is 0 Å². The summed E-state index contributed by atoms with van der Waals surface area (Å²) in [6.07, 6.45) is 0. The molecule has 52 heavy (non-hydrogen) atoms. The van der Waals surface area contributed by atoms with Gasteiger partial charge in [0.2, 0.25) is 0 Å². The standard InChI is InChI=1S/C50H36N2/c1-5-15-39(16-6-1)49-35-40-17-13-14-24-47(40)48-34-33-46(36-50(48)49)52(43-22-11-4-12-23-43)45-31-27-38(28-32-45)37-25-29-44(30-26-37)51(41-18-7-2-8-19-41)42-20-9-3-10-21-42/h1-36H. The van der Waals surface area contributed by atoms with Crippen molar-refractivity contribution in [3.63, 3.8) is 0 Å². The van der Waals surface area contributed by atoms with Crippen LogP contribution < -0.4 is 9.80 Å². The fourth-order valence-corrected chi connectivity index (χ4v) is 7.32. The van der Waals surface area contributed by atoms with Crippen LogP contribution in [0.15, 0.2) is 218 Å². The van der Waals surface area contributed by atoms with E-state index in [2.05, 4.69) is 228 Å². The number of nitrogens with zero attached hydrogens (tertiary/aromatic N) is 2. The number of benzene rings is 9. The van der Waals surface area contributed by atoms with Crippen LogP contribution in [0, 0.1) is 0 Å². The SMILES string of the molecule is c1ccc(-c2cc3ccccc3c3ccc(N(c4ccccc4)c4ccc(-c5ccc(N(c6ccccc6)c6ccccc6)cc5)cc4)cc23)cc1. The molecule has 9 rings (SSSR count). The van der Waals surface area contributed by atoms with Gasteiger partial charge in [0, 0.05) is 34.1 Å². The van der Waals surface area contributed by atoms with Crippen LogP contribution in [-0.4, -0.2) is 0 Å². The Morgan fingerprint density at radius 3 is 1.15 bits per heavy atom. The van der Waals surface area contributed by atoms with Crippen LogP contribution in [-0.2, 0) is 0 Å². The molecule has 246 valence electrons. The Hall–Kier alpha value is -6.90. The van der Waals surface area contributed by atoms with E-state index in [4.69, 9.17) is 0 Å². The van der Waals surface area contributed by atoms with Gasteiger partial charge in [0.1, 0.15) is 0 Å². The zero-order valence-corrected chi connectivity index (χ0v) is 28.7. The monoisotopic (exact) mass is 664 g/mol. The Kier molecular flexibility index (Phi) is 8.24. The van der Waals surface area contributed by atoms with Gasteiger partial charge < -0.3 is 9.80 Å². The Morgan fingerprint density at radius 1 is 0.231 bits per heavy atom. The Morgan fingerprint density at radius 2 is 0.635 bits per heavy atom. The normalized spacial score (nSPS) is 11.1. The van der Waals surface area contributed by atoms with Gasteiger partial charge in [0.05, 0.1) is 0 Å². The summed E-state index contributed by atoms with van der Waals surface area (Å²) in [5.41, 5.74) is 11.5. The number of hydrogen-bond donors (Lipinski definition) is 0. The van der Waals surface area contributed by atoms with Gasteiger partial charge in [0.25, 0.3) is 0 Å². The molecule has 0 aromatic heterocycles. The van der Waals surface area contributed by atoms with Crippen LogP contribution in [0.4, 0.5) is 34.1 Å². The molecule has 0 saturated heterocycles. The second kappa shape index (κ2) is 13.8. The van der Waals surface area contributed by atoms with Crippen molar-refractivity contribution in [3.8, 4) is 22.3 Å². The highest BCUT2D eigenvalue weighted by atomic mass is 15.1. The Balaban J connectivity index is 1.10. The molecule has 9 aromatic carbocycles. The number of para-hydroxylation sites is 3. The number of hydrogen-bond acceptors (Lipinski definition) is 2. The molecule has 0 heterocycles. The van der Waals surface area contributed by atoms with Crippen LogP contribution in [0.5, 0.6) is 0 Å². The minimum absolute atomic E-state index is 1.10. The predicted octanol–water partition coefficient (Wildman–Crippen LogP) is 14.3. The van der Waals surface area contributed by atoms with E-state index in [0.29, 0.717) is 0 Å². The fraction of sp³-hybridized carbons (Fsp3) is 0. The van der Waals surface area contributed by atoms with Crippen molar-refractivity contribution in [1.82, 2.24) is 0 Å². The number of fused-ring (bicyclic) bond motifs is 3. The molecule has 0 spiro atoms. The van der Waals surface area contributed by atoms with E-state index in [0.717, 1.165) is 34.1 Å². The smallest absolute Gasteiger partial charge is 0.0468 e. The third kappa shape index (κ3) is 5.97. The summed E-state index contributed by atoms with van der Waals surface area (Å²) in [6.45, 7) is 0. The number of anilines is 6. The molecule has 9 aromatic rings. The minimum atomic E-state index is 1.10. The molecule has 0 radical (unpaired) electrons. The summed E-state index contributed by atoms with van der Waals surface area (Å²) in [6, 6.07) is 78.2. The minimum Gasteiger partial charge on any atom is -0.311 e. The molecular formula is C50H36N2. The van der Waals surface area contributed by atoms with E-state index in [1.54, 1.807) is 0 Å². The predicted molar refractivity (Wildman–Crippen MR) is 222 cm³/mol. The third-order valence-corrected chi connectivity index (χ3v) is 9.81. The van der Waals surface area contributed by atoms with E-state index in [1.165, 1.54) is 43.8 Å². The molecule has 0 N–H and O–H groups in total. The lowest BCUT2D eigenvalue weighted by atomic mass is 9.92. The molecule has 2 heteroatoms. The van der Waals surface area contributed by atoms with E-state index >= 15 is 0 Å². The first-order valence-corrected chi connectivity index (χ1v) is 17.8. The molecule has 0 saturated carbocycles. The summed E-state index contributed by atoms with van der Waals surface area (Å²) in [5.74, 6) is 0. The molecule has 0 amide bonds. The van der Waals surface area contributed by atoms with Crippen molar-refractivity contribution in [2.24, 2.45) is 0 Å². The van der Waals surface area contributed by atoms with Gasteiger partial charge in [-0.1, -0.05) is 140 Å². The highest BCUT2D eigenvalue weighted by Gasteiger charge is 2.17.